The monoisotopic (exact) mass is 361 g/mol. The molecule has 4 rings (SSSR count). The highest BCUT2D eigenvalue weighted by Crippen LogP contribution is 2.35. The highest BCUT2D eigenvalue weighted by molar-refractivity contribution is 7.18. The highest BCUT2D eigenvalue weighted by Gasteiger charge is 2.21. The average molecular weight is 362 g/mol. The summed E-state index contributed by atoms with van der Waals surface area (Å²) in [6, 6.07) is 4.10. The molecule has 0 amide bonds. The summed E-state index contributed by atoms with van der Waals surface area (Å²) in [6.07, 6.45) is 4.08. The maximum atomic E-state index is 12.6. The molecule has 1 N–H and O–H groups in total. The van der Waals surface area contributed by atoms with Gasteiger partial charge in [-0.2, -0.15) is 0 Å². The topological polar surface area (TPSA) is 88.9 Å². The second kappa shape index (κ2) is 5.68. The lowest BCUT2D eigenvalue weighted by atomic mass is 9.97. The number of aromatic nitrogens is 2. The molecular weight excluding hydrogens is 350 g/mol. The molecule has 0 radical (unpaired) electrons. The Balaban J connectivity index is 1.94. The third-order valence-corrected chi connectivity index (χ3v) is 5.76. The smallest absolute Gasteiger partial charge is 0.270 e. The number of nitrogens with one attached hydrogen (secondary N) is 1. The van der Waals surface area contributed by atoms with Crippen LogP contribution in [-0.4, -0.2) is 14.9 Å². The molecular formula is C16H12ClN3O3S. The van der Waals surface area contributed by atoms with E-state index in [2.05, 4.69) is 9.97 Å². The Morgan fingerprint density at radius 3 is 2.88 bits per heavy atom. The lowest BCUT2D eigenvalue weighted by Crippen LogP contribution is -2.11. The van der Waals surface area contributed by atoms with Crippen molar-refractivity contribution < 1.29 is 4.92 Å². The van der Waals surface area contributed by atoms with Gasteiger partial charge in [0.15, 0.2) is 0 Å². The Morgan fingerprint density at radius 2 is 2.08 bits per heavy atom. The van der Waals surface area contributed by atoms with Gasteiger partial charge in [-0.25, -0.2) is 4.98 Å². The molecule has 8 heteroatoms. The van der Waals surface area contributed by atoms with Crippen LogP contribution < -0.4 is 5.56 Å². The van der Waals surface area contributed by atoms with Gasteiger partial charge >= 0.3 is 0 Å². The fourth-order valence-corrected chi connectivity index (χ4v) is 4.57. The van der Waals surface area contributed by atoms with E-state index in [0.29, 0.717) is 20.8 Å². The Labute approximate surface area is 145 Å². The molecule has 0 spiro atoms. The van der Waals surface area contributed by atoms with Crippen LogP contribution in [0.2, 0.25) is 5.02 Å². The predicted molar refractivity (Wildman–Crippen MR) is 94.0 cm³/mol. The molecule has 0 atom stereocenters. The van der Waals surface area contributed by atoms with Crippen LogP contribution >= 0.6 is 22.9 Å². The summed E-state index contributed by atoms with van der Waals surface area (Å²) >= 11 is 7.69. The molecule has 6 nitrogen and oxygen atoms in total. The summed E-state index contributed by atoms with van der Waals surface area (Å²) in [5.74, 6) is 0.264. The molecule has 0 saturated carbocycles. The van der Waals surface area contributed by atoms with Crippen molar-refractivity contribution in [1.29, 1.82) is 0 Å². The quantitative estimate of drug-likeness (QED) is 0.550. The van der Waals surface area contributed by atoms with Gasteiger partial charge < -0.3 is 4.98 Å². The van der Waals surface area contributed by atoms with E-state index in [4.69, 9.17) is 11.6 Å². The first kappa shape index (κ1) is 15.3. The molecule has 1 aromatic carbocycles. The minimum Gasteiger partial charge on any atom is -0.306 e. The van der Waals surface area contributed by atoms with Crippen molar-refractivity contribution in [3.63, 3.8) is 0 Å². The summed E-state index contributed by atoms with van der Waals surface area (Å²) in [5.41, 5.74) is 1.16. The molecule has 0 fully saturated rings. The van der Waals surface area contributed by atoms with Crippen LogP contribution in [0.15, 0.2) is 23.0 Å². The van der Waals surface area contributed by atoms with Crippen molar-refractivity contribution in [2.45, 2.75) is 25.7 Å². The van der Waals surface area contributed by atoms with E-state index in [-0.39, 0.29) is 17.1 Å². The molecule has 2 aromatic heterocycles. The van der Waals surface area contributed by atoms with Gasteiger partial charge in [-0.1, -0.05) is 11.6 Å². The third-order valence-electron chi connectivity index (χ3n) is 4.24. The number of nitrogens with zero attached hydrogens (tertiary/aromatic N) is 2. The fraction of sp³-hybridized carbons (Fsp3) is 0.250. The number of rotatable bonds is 2. The first-order valence-electron chi connectivity index (χ1n) is 7.53. The van der Waals surface area contributed by atoms with Gasteiger partial charge in [0.05, 0.1) is 15.3 Å². The summed E-state index contributed by atoms with van der Waals surface area (Å²) in [4.78, 5) is 32.2. The zero-order valence-electron chi connectivity index (χ0n) is 12.5. The van der Waals surface area contributed by atoms with Crippen LogP contribution in [0.25, 0.3) is 21.6 Å². The van der Waals surface area contributed by atoms with Crippen molar-refractivity contribution in [2.75, 3.05) is 0 Å². The second-order valence-electron chi connectivity index (χ2n) is 5.73. The van der Waals surface area contributed by atoms with Crippen LogP contribution in [0.5, 0.6) is 0 Å². The average Bonchev–Trinajstić information content (AvgIpc) is 2.93. The van der Waals surface area contributed by atoms with Crippen molar-refractivity contribution >= 4 is 38.8 Å². The van der Waals surface area contributed by atoms with Crippen molar-refractivity contribution in [3.8, 4) is 11.4 Å². The number of halogens is 1. The van der Waals surface area contributed by atoms with E-state index in [9.17, 15) is 14.9 Å². The van der Waals surface area contributed by atoms with Crippen LogP contribution in [0.1, 0.15) is 23.3 Å². The number of nitro groups is 1. The van der Waals surface area contributed by atoms with E-state index in [1.807, 2.05) is 0 Å². The van der Waals surface area contributed by atoms with Gasteiger partial charge in [-0.3, -0.25) is 14.9 Å². The number of nitro benzene ring substituents is 1. The Morgan fingerprint density at radius 1 is 1.29 bits per heavy atom. The minimum atomic E-state index is -0.500. The number of H-pyrrole nitrogens is 1. The largest absolute Gasteiger partial charge is 0.306 e. The maximum Gasteiger partial charge on any atom is 0.270 e. The third kappa shape index (κ3) is 2.40. The van der Waals surface area contributed by atoms with Crippen LogP contribution in [0.4, 0.5) is 5.69 Å². The lowest BCUT2D eigenvalue weighted by molar-refractivity contribution is -0.384. The van der Waals surface area contributed by atoms with Gasteiger partial charge in [0.1, 0.15) is 10.7 Å². The minimum absolute atomic E-state index is 0.0948. The molecule has 24 heavy (non-hydrogen) atoms. The van der Waals surface area contributed by atoms with Crippen molar-refractivity contribution in [1.82, 2.24) is 9.97 Å². The molecule has 3 aromatic rings. The zero-order valence-corrected chi connectivity index (χ0v) is 14.0. The van der Waals surface area contributed by atoms with Crippen molar-refractivity contribution in [3.05, 3.63) is 54.1 Å². The van der Waals surface area contributed by atoms with Crippen LogP contribution in [-0.2, 0) is 12.8 Å². The van der Waals surface area contributed by atoms with Gasteiger partial charge in [0.25, 0.3) is 11.2 Å². The van der Waals surface area contributed by atoms with E-state index in [1.165, 1.54) is 34.4 Å². The standard InChI is InChI=1S/C16H12ClN3O3S/c17-11-6-5-8(20(22)23)7-10(11)14-18-15(21)13-9-3-1-2-4-12(9)24-16(13)19-14/h5-7H,1-4H2,(H,18,19,21). The Hall–Kier alpha value is -2.25. The van der Waals surface area contributed by atoms with Gasteiger partial charge in [0.2, 0.25) is 0 Å². The number of benzene rings is 1. The number of aromatic amines is 1. The highest BCUT2D eigenvalue weighted by atomic mass is 35.5. The second-order valence-corrected chi connectivity index (χ2v) is 7.22. The number of fused-ring (bicyclic) bond motifs is 3. The summed E-state index contributed by atoms with van der Waals surface area (Å²) < 4.78 is 0. The lowest BCUT2D eigenvalue weighted by Gasteiger charge is -2.09. The number of hydrogen-bond donors (Lipinski definition) is 1. The Kier molecular flexibility index (Phi) is 3.62. The van der Waals surface area contributed by atoms with E-state index in [0.717, 1.165) is 31.2 Å². The molecule has 1 aliphatic carbocycles. The van der Waals surface area contributed by atoms with E-state index in [1.54, 1.807) is 0 Å². The normalized spacial score (nSPS) is 13.9. The number of hydrogen-bond acceptors (Lipinski definition) is 5. The summed E-state index contributed by atoms with van der Waals surface area (Å²) in [5, 5.41) is 11.9. The molecule has 1 aliphatic rings. The van der Waals surface area contributed by atoms with E-state index < -0.39 is 4.92 Å². The molecule has 0 bridgehead atoms. The molecule has 0 aliphatic heterocycles. The van der Waals surface area contributed by atoms with Gasteiger partial charge in [-0.15, -0.1) is 11.3 Å². The molecule has 122 valence electrons. The van der Waals surface area contributed by atoms with Crippen LogP contribution in [0, 0.1) is 10.1 Å². The Bertz CT molecular complexity index is 1040. The summed E-state index contributed by atoms with van der Waals surface area (Å²) in [6.45, 7) is 0. The first-order chi connectivity index (χ1) is 11.5. The fourth-order valence-electron chi connectivity index (χ4n) is 3.10. The molecule has 2 heterocycles. The number of thiophene rings is 1. The van der Waals surface area contributed by atoms with E-state index >= 15 is 0 Å². The first-order valence-corrected chi connectivity index (χ1v) is 8.73. The van der Waals surface area contributed by atoms with Gasteiger partial charge in [-0.05, 0) is 37.3 Å². The number of aryl methyl sites for hydroxylation is 2. The van der Waals surface area contributed by atoms with Gasteiger partial charge in [0, 0.05) is 22.6 Å². The number of non-ortho nitro benzene ring substituents is 1. The molecule has 0 saturated heterocycles. The SMILES string of the molecule is O=c1[nH]c(-c2cc([N+](=O)[O-])ccc2Cl)nc2sc3c(c12)CCCC3. The zero-order chi connectivity index (χ0) is 16.8. The summed E-state index contributed by atoms with van der Waals surface area (Å²) in [7, 11) is 0. The maximum absolute atomic E-state index is 12.6. The molecule has 0 unspecified atom stereocenters. The predicted octanol–water partition coefficient (Wildman–Crippen LogP) is 4.09. The van der Waals surface area contributed by atoms with Crippen LogP contribution in [0.3, 0.4) is 0 Å². The van der Waals surface area contributed by atoms with Crippen molar-refractivity contribution in [2.24, 2.45) is 0 Å².